The van der Waals surface area contributed by atoms with Crippen molar-refractivity contribution < 1.29 is 9.53 Å². The minimum absolute atomic E-state index is 0.226. The normalized spacial score (nSPS) is 13.3. The van der Waals surface area contributed by atoms with Crippen molar-refractivity contribution in [2.75, 3.05) is 13.2 Å². The average molecular weight is 351 g/mol. The Morgan fingerprint density at radius 1 is 1.48 bits per heavy atom. The number of carbonyl (C=O) groups excluding carboxylic acids is 1. The monoisotopic (exact) mass is 350 g/mol. The van der Waals surface area contributed by atoms with Gasteiger partial charge in [-0.2, -0.15) is 0 Å². The Morgan fingerprint density at radius 2 is 2.26 bits per heavy atom. The summed E-state index contributed by atoms with van der Waals surface area (Å²) in [6.45, 7) is 7.00. The van der Waals surface area contributed by atoms with Crippen LogP contribution in [0.1, 0.15) is 27.2 Å². The van der Waals surface area contributed by atoms with Crippen molar-refractivity contribution >= 4 is 39.5 Å². The smallest absolute Gasteiger partial charge is 0.333 e. The Balaban J connectivity index is 1.74. The molecule has 0 aliphatic heterocycles. The molecule has 1 aromatic heterocycles. The molecule has 1 unspecified atom stereocenters. The summed E-state index contributed by atoms with van der Waals surface area (Å²) in [7, 11) is 0. The highest BCUT2D eigenvalue weighted by Gasteiger charge is 2.08. The molecular weight excluding hydrogens is 328 g/mol. The number of allylic oxidation sites excluding steroid dienone is 1. The van der Waals surface area contributed by atoms with Crippen LogP contribution >= 0.6 is 23.3 Å². The third kappa shape index (κ3) is 5.64. The number of rotatable bonds is 8. The highest BCUT2D eigenvalue weighted by atomic mass is 32.2. The van der Waals surface area contributed by atoms with Gasteiger partial charge in [-0.25, -0.2) is 9.78 Å². The van der Waals surface area contributed by atoms with Gasteiger partial charge in [-0.3, -0.25) is 4.72 Å². The van der Waals surface area contributed by atoms with E-state index in [0.29, 0.717) is 18.1 Å². The largest absolute Gasteiger partial charge is 0.463 e. The molecule has 0 aliphatic carbocycles. The van der Waals surface area contributed by atoms with Gasteiger partial charge in [-0.15, -0.1) is 11.3 Å². The topological polar surface area (TPSA) is 51.2 Å². The summed E-state index contributed by atoms with van der Waals surface area (Å²) in [5.74, 6) is 0.0963. The van der Waals surface area contributed by atoms with E-state index in [1.807, 2.05) is 31.2 Å². The lowest BCUT2D eigenvalue weighted by atomic mass is 10.1. The van der Waals surface area contributed by atoms with E-state index in [2.05, 4.69) is 22.7 Å². The van der Waals surface area contributed by atoms with Gasteiger partial charge in [-0.1, -0.05) is 25.1 Å². The van der Waals surface area contributed by atoms with Crippen LogP contribution in [0.5, 0.6) is 0 Å². The number of thiazole rings is 1. The van der Waals surface area contributed by atoms with E-state index in [4.69, 9.17) is 4.74 Å². The lowest BCUT2D eigenvalue weighted by Crippen LogP contribution is -2.10. The molecule has 4 nitrogen and oxygen atoms in total. The second-order valence-electron chi connectivity index (χ2n) is 5.28. The van der Waals surface area contributed by atoms with Crippen molar-refractivity contribution in [1.82, 2.24) is 9.71 Å². The quantitative estimate of drug-likeness (QED) is 0.330. The molecule has 124 valence electrons. The van der Waals surface area contributed by atoms with Crippen LogP contribution in [0.4, 0.5) is 0 Å². The minimum atomic E-state index is -0.226. The molecule has 0 saturated heterocycles. The average Bonchev–Trinajstić information content (AvgIpc) is 2.94. The summed E-state index contributed by atoms with van der Waals surface area (Å²) in [4.78, 5) is 16.1. The van der Waals surface area contributed by atoms with Crippen molar-refractivity contribution in [3.63, 3.8) is 0 Å². The Kier molecular flexibility index (Phi) is 7.08. The molecule has 0 bridgehead atoms. The van der Waals surface area contributed by atoms with Gasteiger partial charge in [0.25, 0.3) is 0 Å². The number of hydrogen-bond acceptors (Lipinski definition) is 6. The van der Waals surface area contributed by atoms with Crippen LogP contribution in [-0.2, 0) is 9.53 Å². The number of esters is 1. The summed E-state index contributed by atoms with van der Waals surface area (Å²) < 4.78 is 10.6. The molecule has 0 fully saturated rings. The Bertz CT molecular complexity index is 649. The third-order valence-electron chi connectivity index (χ3n) is 3.27. The second kappa shape index (κ2) is 9.05. The first-order chi connectivity index (χ1) is 11.1. The molecule has 1 atom stereocenters. The Labute approximate surface area is 145 Å². The molecule has 0 radical (unpaired) electrons. The van der Waals surface area contributed by atoms with Gasteiger partial charge in [-0.05, 0) is 50.3 Å². The summed E-state index contributed by atoms with van der Waals surface area (Å²) in [5.41, 5.74) is 1.72. The van der Waals surface area contributed by atoms with Gasteiger partial charge < -0.3 is 4.74 Å². The zero-order valence-electron chi connectivity index (χ0n) is 13.7. The van der Waals surface area contributed by atoms with Gasteiger partial charge in [0.1, 0.15) is 0 Å². The van der Waals surface area contributed by atoms with Crippen molar-refractivity contribution in [2.24, 2.45) is 5.92 Å². The van der Waals surface area contributed by atoms with Gasteiger partial charge in [0.2, 0.25) is 0 Å². The maximum absolute atomic E-state index is 11.6. The molecule has 1 N–H and O–H groups in total. The third-order valence-corrected chi connectivity index (χ3v) is 5.21. The van der Waals surface area contributed by atoms with Gasteiger partial charge in [0, 0.05) is 12.1 Å². The number of carbonyl (C=O) groups is 1. The fourth-order valence-corrected chi connectivity index (χ4v) is 3.91. The van der Waals surface area contributed by atoms with Crippen LogP contribution in [0.25, 0.3) is 10.2 Å². The number of nitrogens with one attached hydrogen (secondary N) is 1. The molecule has 6 heteroatoms. The molecule has 23 heavy (non-hydrogen) atoms. The molecule has 0 saturated carbocycles. The Hall–Kier alpha value is -1.37. The lowest BCUT2D eigenvalue weighted by Gasteiger charge is -2.08. The summed E-state index contributed by atoms with van der Waals surface area (Å²) in [6, 6.07) is 8.15. The number of para-hydroxylation sites is 1. The fourth-order valence-electron chi connectivity index (χ4n) is 2.12. The summed E-state index contributed by atoms with van der Waals surface area (Å²) in [6.07, 6.45) is 2.93. The summed E-state index contributed by atoms with van der Waals surface area (Å²) in [5, 5.41) is 0. The number of nitrogens with zero attached hydrogens (tertiary/aromatic N) is 1. The highest BCUT2D eigenvalue weighted by molar-refractivity contribution is 7.99. The molecule has 0 amide bonds. The van der Waals surface area contributed by atoms with E-state index < -0.39 is 0 Å². The van der Waals surface area contributed by atoms with Crippen molar-refractivity contribution in [3.8, 4) is 0 Å². The van der Waals surface area contributed by atoms with E-state index in [9.17, 15) is 4.79 Å². The number of aromatic nitrogens is 1. The molecule has 2 rings (SSSR count). The SMILES string of the molecule is CCOC(=O)/C(C)=C/C(C)CCNSc1nc2ccccc2s1. The number of fused-ring (bicyclic) bond motifs is 1. The molecular formula is C17H22N2O2S2. The maximum Gasteiger partial charge on any atom is 0.333 e. The fraction of sp³-hybridized carbons (Fsp3) is 0.412. The molecule has 0 aliphatic rings. The molecule has 2 aromatic rings. The van der Waals surface area contributed by atoms with Crippen molar-refractivity contribution in [2.45, 2.75) is 31.5 Å². The van der Waals surface area contributed by atoms with Crippen LogP contribution < -0.4 is 4.72 Å². The van der Waals surface area contributed by atoms with Crippen molar-refractivity contribution in [3.05, 3.63) is 35.9 Å². The number of ether oxygens (including phenoxy) is 1. The van der Waals surface area contributed by atoms with E-state index in [0.717, 1.165) is 22.8 Å². The summed E-state index contributed by atoms with van der Waals surface area (Å²) >= 11 is 3.26. The van der Waals surface area contributed by atoms with E-state index in [1.165, 1.54) is 4.70 Å². The highest BCUT2D eigenvalue weighted by Crippen LogP contribution is 2.27. The van der Waals surface area contributed by atoms with Gasteiger partial charge in [0.15, 0.2) is 4.34 Å². The van der Waals surface area contributed by atoms with Crippen LogP contribution in [-0.4, -0.2) is 24.1 Å². The molecule has 0 spiro atoms. The van der Waals surface area contributed by atoms with E-state index in [1.54, 1.807) is 30.2 Å². The van der Waals surface area contributed by atoms with Crippen LogP contribution in [0.15, 0.2) is 40.3 Å². The lowest BCUT2D eigenvalue weighted by molar-refractivity contribution is -0.138. The first-order valence-corrected chi connectivity index (χ1v) is 9.34. The first-order valence-electron chi connectivity index (χ1n) is 7.71. The zero-order chi connectivity index (χ0) is 16.7. The standard InChI is InChI=1S/C17H22N2O2S2/c1-4-21-16(20)13(3)11-12(2)9-10-18-23-17-19-14-7-5-6-8-15(14)22-17/h5-8,11-12,18H,4,9-10H2,1-3H3/b13-11+. The second-order valence-corrected chi connectivity index (χ2v) is 7.45. The van der Waals surface area contributed by atoms with Crippen LogP contribution in [0.3, 0.4) is 0 Å². The van der Waals surface area contributed by atoms with Gasteiger partial charge >= 0.3 is 5.97 Å². The predicted molar refractivity (Wildman–Crippen MR) is 97.7 cm³/mol. The van der Waals surface area contributed by atoms with Crippen LogP contribution in [0, 0.1) is 5.92 Å². The van der Waals surface area contributed by atoms with E-state index >= 15 is 0 Å². The predicted octanol–water partition coefficient (Wildman–Crippen LogP) is 4.43. The Morgan fingerprint density at radius 3 is 3.00 bits per heavy atom. The maximum atomic E-state index is 11.6. The molecule has 1 aromatic carbocycles. The number of benzene rings is 1. The van der Waals surface area contributed by atoms with Crippen molar-refractivity contribution in [1.29, 1.82) is 0 Å². The number of hydrogen-bond donors (Lipinski definition) is 1. The first kappa shape index (κ1) is 18.0. The molecule has 1 heterocycles. The van der Waals surface area contributed by atoms with Crippen LogP contribution in [0.2, 0.25) is 0 Å². The van der Waals surface area contributed by atoms with Gasteiger partial charge in [0.05, 0.1) is 16.8 Å². The zero-order valence-corrected chi connectivity index (χ0v) is 15.3. The van der Waals surface area contributed by atoms with E-state index in [-0.39, 0.29) is 5.97 Å². The minimum Gasteiger partial charge on any atom is -0.463 e.